The van der Waals surface area contributed by atoms with E-state index >= 15 is 0 Å². The van der Waals surface area contributed by atoms with E-state index in [4.69, 9.17) is 9.47 Å². The Morgan fingerprint density at radius 1 is 1.17 bits per heavy atom. The number of rotatable bonds is 8. The lowest BCUT2D eigenvalue weighted by atomic mass is 10.2. The van der Waals surface area contributed by atoms with E-state index in [9.17, 15) is 4.79 Å². The number of carbonyl (C=O) groups is 1. The van der Waals surface area contributed by atoms with Crippen molar-refractivity contribution in [2.75, 3.05) is 13.2 Å². The Morgan fingerprint density at radius 3 is 2.50 bits per heavy atom. The van der Waals surface area contributed by atoms with Gasteiger partial charge in [-0.1, -0.05) is 6.07 Å². The van der Waals surface area contributed by atoms with Crippen LogP contribution in [0.5, 0.6) is 11.5 Å². The van der Waals surface area contributed by atoms with Gasteiger partial charge in [0, 0.05) is 19.3 Å². The molecule has 130 valence electrons. The molecule has 24 heavy (non-hydrogen) atoms. The molecule has 6 heteroatoms. The van der Waals surface area contributed by atoms with Crippen LogP contribution in [-0.2, 0) is 13.1 Å². The zero-order chi connectivity index (χ0) is 17.5. The first-order valence-electron chi connectivity index (χ1n) is 8.29. The number of nitrogens with zero attached hydrogens (tertiary/aromatic N) is 2. The van der Waals surface area contributed by atoms with Gasteiger partial charge in [-0.25, -0.2) is 0 Å². The molecule has 2 rings (SSSR count). The van der Waals surface area contributed by atoms with Crippen molar-refractivity contribution >= 4 is 5.91 Å². The molecule has 0 fully saturated rings. The molecule has 0 radical (unpaired) electrons. The molecule has 0 spiro atoms. The predicted octanol–water partition coefficient (Wildman–Crippen LogP) is 2.94. The van der Waals surface area contributed by atoms with Gasteiger partial charge in [-0.05, 0) is 45.4 Å². The lowest BCUT2D eigenvalue weighted by Crippen LogP contribution is -2.23. The van der Waals surface area contributed by atoms with Gasteiger partial charge < -0.3 is 14.8 Å². The molecule has 0 atom stereocenters. The fourth-order valence-electron chi connectivity index (χ4n) is 2.39. The molecule has 6 nitrogen and oxygen atoms in total. The summed E-state index contributed by atoms with van der Waals surface area (Å²) in [7, 11) is 0. The highest BCUT2D eigenvalue weighted by atomic mass is 16.5. The minimum atomic E-state index is -0.126. The summed E-state index contributed by atoms with van der Waals surface area (Å²) in [6.45, 7) is 9.99. The summed E-state index contributed by atoms with van der Waals surface area (Å²) in [5, 5.41) is 7.22. The number of aromatic nitrogens is 2. The van der Waals surface area contributed by atoms with Crippen LogP contribution in [0.25, 0.3) is 0 Å². The van der Waals surface area contributed by atoms with Gasteiger partial charge in [0.05, 0.1) is 24.5 Å². The molecule has 1 aromatic heterocycles. The van der Waals surface area contributed by atoms with Gasteiger partial charge in [0.25, 0.3) is 5.91 Å². The fourth-order valence-corrected chi connectivity index (χ4v) is 2.39. The van der Waals surface area contributed by atoms with Gasteiger partial charge in [-0.3, -0.25) is 9.48 Å². The molecule has 2 aromatic rings. The Bertz CT molecular complexity index is 695. The maximum Gasteiger partial charge on any atom is 0.255 e. The van der Waals surface area contributed by atoms with Crippen LogP contribution in [0.2, 0.25) is 0 Å². The van der Waals surface area contributed by atoms with Crippen LogP contribution in [0.3, 0.4) is 0 Å². The Labute approximate surface area is 142 Å². The van der Waals surface area contributed by atoms with Gasteiger partial charge in [-0.15, -0.1) is 0 Å². The number of nitrogens with one attached hydrogen (secondary N) is 1. The van der Waals surface area contributed by atoms with Crippen LogP contribution in [0.4, 0.5) is 0 Å². The standard InChI is InChI=1S/C18H25N3O3/c1-5-21-12-15(13(4)20-21)18(22)19-11-14-8-9-16(23-6-2)17(10-14)24-7-3/h8-10,12H,5-7,11H2,1-4H3,(H,19,22). The van der Waals surface area contributed by atoms with Gasteiger partial charge in [0.2, 0.25) is 0 Å². The van der Waals surface area contributed by atoms with E-state index in [1.165, 1.54) is 0 Å². The number of hydrogen-bond donors (Lipinski definition) is 1. The molecule has 0 aliphatic carbocycles. The van der Waals surface area contributed by atoms with Crippen molar-refractivity contribution < 1.29 is 14.3 Å². The van der Waals surface area contributed by atoms with Crippen molar-refractivity contribution in [3.8, 4) is 11.5 Å². The highest BCUT2D eigenvalue weighted by Gasteiger charge is 2.13. The van der Waals surface area contributed by atoms with Crippen LogP contribution < -0.4 is 14.8 Å². The number of carbonyl (C=O) groups excluding carboxylic acids is 1. The number of ether oxygens (including phenoxy) is 2. The maximum atomic E-state index is 12.3. The third kappa shape index (κ3) is 4.28. The Balaban J connectivity index is 2.06. The van der Waals surface area contributed by atoms with Crippen LogP contribution in [0.1, 0.15) is 42.4 Å². The van der Waals surface area contributed by atoms with Crippen molar-refractivity contribution in [1.82, 2.24) is 15.1 Å². The van der Waals surface area contributed by atoms with Gasteiger partial charge >= 0.3 is 0 Å². The summed E-state index contributed by atoms with van der Waals surface area (Å²) >= 11 is 0. The van der Waals surface area contributed by atoms with E-state index in [1.54, 1.807) is 10.9 Å². The number of benzene rings is 1. The molecule has 0 unspecified atom stereocenters. The van der Waals surface area contributed by atoms with Crippen LogP contribution in [0, 0.1) is 6.92 Å². The Hall–Kier alpha value is -2.50. The van der Waals surface area contributed by atoms with Gasteiger partial charge in [-0.2, -0.15) is 5.10 Å². The molecule has 0 aliphatic rings. The van der Waals surface area contributed by atoms with Gasteiger partial charge in [0.15, 0.2) is 11.5 Å². The van der Waals surface area contributed by atoms with E-state index in [0.717, 1.165) is 23.6 Å². The third-order valence-electron chi connectivity index (χ3n) is 3.58. The van der Waals surface area contributed by atoms with E-state index in [2.05, 4.69) is 10.4 Å². The summed E-state index contributed by atoms with van der Waals surface area (Å²) in [6, 6.07) is 5.70. The molecule has 1 N–H and O–H groups in total. The SMILES string of the molecule is CCOc1ccc(CNC(=O)c2cn(CC)nc2C)cc1OCC. The Kier molecular flexibility index (Phi) is 6.23. The summed E-state index contributed by atoms with van der Waals surface area (Å²) in [6.07, 6.45) is 1.77. The van der Waals surface area contributed by atoms with Crippen molar-refractivity contribution in [3.63, 3.8) is 0 Å². The van der Waals surface area contributed by atoms with Crippen molar-refractivity contribution in [3.05, 3.63) is 41.2 Å². The average Bonchev–Trinajstić information content (AvgIpc) is 2.96. The lowest BCUT2D eigenvalue weighted by molar-refractivity contribution is 0.0950. The fraction of sp³-hybridized carbons (Fsp3) is 0.444. The summed E-state index contributed by atoms with van der Waals surface area (Å²) in [5.74, 6) is 1.29. The summed E-state index contributed by atoms with van der Waals surface area (Å²) < 4.78 is 12.9. The summed E-state index contributed by atoms with van der Waals surface area (Å²) in [5.41, 5.74) is 2.29. The second-order valence-electron chi connectivity index (χ2n) is 5.31. The summed E-state index contributed by atoms with van der Waals surface area (Å²) in [4.78, 5) is 12.3. The second-order valence-corrected chi connectivity index (χ2v) is 5.31. The monoisotopic (exact) mass is 331 g/mol. The van der Waals surface area contributed by atoms with E-state index in [1.807, 2.05) is 45.9 Å². The quantitative estimate of drug-likeness (QED) is 0.808. The lowest BCUT2D eigenvalue weighted by Gasteiger charge is -2.12. The number of hydrogen-bond acceptors (Lipinski definition) is 4. The first-order valence-corrected chi connectivity index (χ1v) is 8.29. The van der Waals surface area contributed by atoms with E-state index < -0.39 is 0 Å². The molecular weight excluding hydrogens is 306 g/mol. The molecular formula is C18H25N3O3. The highest BCUT2D eigenvalue weighted by molar-refractivity contribution is 5.94. The molecule has 0 saturated carbocycles. The minimum absolute atomic E-state index is 0.126. The van der Waals surface area contributed by atoms with E-state index in [0.29, 0.717) is 31.1 Å². The number of aryl methyl sites for hydroxylation is 2. The topological polar surface area (TPSA) is 65.4 Å². The van der Waals surface area contributed by atoms with Gasteiger partial charge in [0.1, 0.15) is 0 Å². The predicted molar refractivity (Wildman–Crippen MR) is 92.6 cm³/mol. The first-order chi connectivity index (χ1) is 11.6. The third-order valence-corrected chi connectivity index (χ3v) is 3.58. The maximum absolute atomic E-state index is 12.3. The molecule has 0 bridgehead atoms. The first kappa shape index (κ1) is 17.8. The Morgan fingerprint density at radius 2 is 1.88 bits per heavy atom. The van der Waals surface area contributed by atoms with Crippen molar-refractivity contribution in [2.24, 2.45) is 0 Å². The average molecular weight is 331 g/mol. The molecule has 1 aromatic carbocycles. The van der Waals surface area contributed by atoms with Crippen LogP contribution in [-0.4, -0.2) is 28.9 Å². The van der Waals surface area contributed by atoms with Crippen molar-refractivity contribution in [1.29, 1.82) is 0 Å². The largest absolute Gasteiger partial charge is 0.490 e. The molecule has 0 aliphatic heterocycles. The normalized spacial score (nSPS) is 10.5. The molecule has 1 heterocycles. The molecule has 1 amide bonds. The van der Waals surface area contributed by atoms with Crippen LogP contribution >= 0.6 is 0 Å². The van der Waals surface area contributed by atoms with Crippen LogP contribution in [0.15, 0.2) is 24.4 Å². The smallest absolute Gasteiger partial charge is 0.255 e. The van der Waals surface area contributed by atoms with E-state index in [-0.39, 0.29) is 5.91 Å². The number of amides is 1. The van der Waals surface area contributed by atoms with Crippen molar-refractivity contribution in [2.45, 2.75) is 40.8 Å². The molecule has 0 saturated heterocycles. The zero-order valence-electron chi connectivity index (χ0n) is 14.8. The highest BCUT2D eigenvalue weighted by Crippen LogP contribution is 2.28. The minimum Gasteiger partial charge on any atom is -0.490 e. The second kappa shape index (κ2) is 8.38. The zero-order valence-corrected chi connectivity index (χ0v) is 14.8.